The highest BCUT2D eigenvalue weighted by Gasteiger charge is 2.18. The standard InChI is InChI=1S/C24H15Cl3N2O4S/c25-17-5-3-6-18(22(17)27)32-13-20(30)29-28-12-14-8-10-15(11-9-14)33-24(31)23-21(26)16-4-1-2-7-19(16)34-23/h1-12H,13H2,(H,29,30). The van der Waals surface area contributed by atoms with E-state index in [2.05, 4.69) is 10.5 Å². The first-order chi connectivity index (χ1) is 16.4. The lowest BCUT2D eigenvalue weighted by atomic mass is 10.2. The number of nitrogens with one attached hydrogen (secondary N) is 1. The van der Waals surface area contributed by atoms with Crippen LogP contribution in [-0.2, 0) is 4.79 Å². The van der Waals surface area contributed by atoms with Crippen molar-refractivity contribution in [3.8, 4) is 11.5 Å². The summed E-state index contributed by atoms with van der Waals surface area (Å²) in [7, 11) is 0. The first kappa shape index (κ1) is 24.0. The SMILES string of the molecule is O=C(COc1cccc(Cl)c1Cl)NN=Cc1ccc(OC(=O)c2sc3ccccc3c2Cl)cc1. The van der Waals surface area contributed by atoms with Crippen molar-refractivity contribution in [2.75, 3.05) is 6.61 Å². The summed E-state index contributed by atoms with van der Waals surface area (Å²) in [5, 5.41) is 5.64. The molecule has 34 heavy (non-hydrogen) atoms. The third kappa shape index (κ3) is 5.69. The second kappa shape index (κ2) is 10.9. The molecule has 0 spiro atoms. The van der Waals surface area contributed by atoms with Gasteiger partial charge in [0.25, 0.3) is 5.91 Å². The summed E-state index contributed by atoms with van der Waals surface area (Å²) in [6.07, 6.45) is 1.44. The molecule has 1 heterocycles. The van der Waals surface area contributed by atoms with E-state index in [1.165, 1.54) is 17.6 Å². The predicted molar refractivity (Wildman–Crippen MR) is 136 cm³/mol. The molecule has 1 aromatic heterocycles. The summed E-state index contributed by atoms with van der Waals surface area (Å²) in [6.45, 7) is -0.285. The van der Waals surface area contributed by atoms with Crippen molar-refractivity contribution < 1.29 is 19.1 Å². The zero-order chi connectivity index (χ0) is 24.1. The van der Waals surface area contributed by atoms with Crippen LogP contribution in [0.1, 0.15) is 15.2 Å². The second-order valence-corrected chi connectivity index (χ2v) is 9.05. The minimum absolute atomic E-state index is 0.232. The lowest BCUT2D eigenvalue weighted by molar-refractivity contribution is -0.123. The third-order valence-corrected chi connectivity index (χ3v) is 6.95. The molecule has 0 aliphatic rings. The van der Waals surface area contributed by atoms with Crippen molar-refractivity contribution in [1.29, 1.82) is 0 Å². The average molecular weight is 534 g/mol. The van der Waals surface area contributed by atoms with Crippen LogP contribution in [0.3, 0.4) is 0 Å². The number of fused-ring (bicyclic) bond motifs is 1. The number of rotatable bonds is 7. The Hall–Kier alpha value is -3.10. The average Bonchev–Trinajstić information content (AvgIpc) is 3.18. The smallest absolute Gasteiger partial charge is 0.355 e. The number of nitrogens with zero attached hydrogens (tertiary/aromatic N) is 1. The summed E-state index contributed by atoms with van der Waals surface area (Å²) >= 11 is 19.5. The van der Waals surface area contributed by atoms with Crippen LogP contribution < -0.4 is 14.9 Å². The number of hydrogen-bond donors (Lipinski definition) is 1. The minimum atomic E-state index is -0.528. The first-order valence-electron chi connectivity index (χ1n) is 9.80. The molecule has 0 aliphatic carbocycles. The molecule has 1 amide bonds. The fourth-order valence-electron chi connectivity index (χ4n) is 2.87. The molecule has 4 rings (SSSR count). The number of ether oxygens (including phenoxy) is 2. The molecule has 3 aromatic carbocycles. The molecule has 0 fully saturated rings. The van der Waals surface area contributed by atoms with Crippen molar-refractivity contribution in [2.24, 2.45) is 5.10 Å². The number of hydrogen-bond acceptors (Lipinski definition) is 6. The Morgan fingerprint density at radius 1 is 0.941 bits per heavy atom. The lowest BCUT2D eigenvalue weighted by Gasteiger charge is -2.07. The highest BCUT2D eigenvalue weighted by molar-refractivity contribution is 7.21. The van der Waals surface area contributed by atoms with Crippen molar-refractivity contribution >= 4 is 74.3 Å². The van der Waals surface area contributed by atoms with Gasteiger partial charge in [-0.05, 0) is 48.0 Å². The van der Waals surface area contributed by atoms with Crippen LogP contribution in [-0.4, -0.2) is 24.7 Å². The van der Waals surface area contributed by atoms with Crippen molar-refractivity contribution in [3.05, 3.63) is 92.2 Å². The molecule has 0 radical (unpaired) electrons. The Kier molecular flexibility index (Phi) is 7.70. The number of thiophene rings is 1. The van der Waals surface area contributed by atoms with Crippen LogP contribution in [0.15, 0.2) is 71.8 Å². The molecule has 1 N–H and O–H groups in total. The molecule has 6 nitrogen and oxygen atoms in total. The first-order valence-corrected chi connectivity index (χ1v) is 11.8. The summed E-state index contributed by atoms with van der Waals surface area (Å²) in [4.78, 5) is 24.8. The predicted octanol–water partition coefficient (Wildman–Crippen LogP) is 6.61. The van der Waals surface area contributed by atoms with E-state index in [1.807, 2.05) is 24.3 Å². The fourth-order valence-corrected chi connectivity index (χ4v) is 4.60. The highest BCUT2D eigenvalue weighted by atomic mass is 35.5. The van der Waals surface area contributed by atoms with Crippen LogP contribution >= 0.6 is 46.1 Å². The van der Waals surface area contributed by atoms with E-state index < -0.39 is 11.9 Å². The van der Waals surface area contributed by atoms with Gasteiger partial charge >= 0.3 is 5.97 Å². The molecular weight excluding hydrogens is 519 g/mol. The summed E-state index contributed by atoms with van der Waals surface area (Å²) in [6, 6.07) is 19.0. The Morgan fingerprint density at radius 2 is 1.71 bits per heavy atom. The minimum Gasteiger partial charge on any atom is -0.482 e. The topological polar surface area (TPSA) is 77.0 Å². The van der Waals surface area contributed by atoms with E-state index in [0.29, 0.717) is 32.0 Å². The van der Waals surface area contributed by atoms with Gasteiger partial charge in [0.15, 0.2) is 6.61 Å². The van der Waals surface area contributed by atoms with Crippen LogP contribution in [0.2, 0.25) is 15.1 Å². The van der Waals surface area contributed by atoms with Crippen LogP contribution in [0.5, 0.6) is 11.5 Å². The Balaban J connectivity index is 1.30. The number of benzene rings is 3. The summed E-state index contributed by atoms with van der Waals surface area (Å²) in [5.41, 5.74) is 3.03. The number of halogens is 3. The number of carbonyl (C=O) groups excluding carboxylic acids is 2. The van der Waals surface area contributed by atoms with Crippen molar-refractivity contribution in [3.63, 3.8) is 0 Å². The van der Waals surface area contributed by atoms with Gasteiger partial charge in [-0.2, -0.15) is 5.10 Å². The number of carbonyl (C=O) groups is 2. The molecule has 0 aliphatic heterocycles. The third-order valence-electron chi connectivity index (χ3n) is 4.49. The van der Waals surface area contributed by atoms with Gasteiger partial charge in [0.2, 0.25) is 0 Å². The van der Waals surface area contributed by atoms with Crippen molar-refractivity contribution in [1.82, 2.24) is 5.43 Å². The molecule has 0 bridgehead atoms. The largest absolute Gasteiger partial charge is 0.482 e. The van der Waals surface area contributed by atoms with E-state index in [0.717, 1.165) is 10.1 Å². The maximum Gasteiger partial charge on any atom is 0.355 e. The number of esters is 1. The number of hydrazone groups is 1. The monoisotopic (exact) mass is 532 g/mol. The molecular formula is C24H15Cl3N2O4S. The van der Waals surface area contributed by atoms with E-state index in [-0.39, 0.29) is 11.6 Å². The van der Waals surface area contributed by atoms with E-state index in [1.54, 1.807) is 42.5 Å². The molecule has 0 atom stereocenters. The van der Waals surface area contributed by atoms with Gasteiger partial charge in [-0.1, -0.05) is 59.1 Å². The second-order valence-electron chi connectivity index (χ2n) is 6.83. The molecule has 172 valence electrons. The zero-order valence-corrected chi connectivity index (χ0v) is 20.3. The zero-order valence-electron chi connectivity index (χ0n) is 17.3. The maximum atomic E-state index is 12.5. The highest BCUT2D eigenvalue weighted by Crippen LogP contribution is 2.35. The van der Waals surface area contributed by atoms with Gasteiger partial charge in [-0.15, -0.1) is 11.3 Å². The molecule has 0 saturated heterocycles. The molecule has 0 unspecified atom stereocenters. The summed E-state index contributed by atoms with van der Waals surface area (Å²) < 4.78 is 11.7. The van der Waals surface area contributed by atoms with E-state index in [9.17, 15) is 9.59 Å². The Labute approximate surface area is 213 Å². The Bertz CT molecular complexity index is 1390. The molecule has 10 heteroatoms. The van der Waals surface area contributed by atoms with Gasteiger partial charge in [0.05, 0.1) is 16.3 Å². The Morgan fingerprint density at radius 3 is 2.47 bits per heavy atom. The quantitative estimate of drug-likeness (QED) is 0.125. The molecule has 0 saturated carbocycles. The summed E-state index contributed by atoms with van der Waals surface area (Å²) in [5.74, 6) is -0.348. The van der Waals surface area contributed by atoms with Crippen LogP contribution in [0.25, 0.3) is 10.1 Å². The van der Waals surface area contributed by atoms with Gasteiger partial charge in [-0.25, -0.2) is 10.2 Å². The fraction of sp³-hybridized carbons (Fsp3) is 0.0417. The maximum absolute atomic E-state index is 12.5. The van der Waals surface area contributed by atoms with Crippen LogP contribution in [0.4, 0.5) is 0 Å². The van der Waals surface area contributed by atoms with Gasteiger partial charge in [0, 0.05) is 10.1 Å². The van der Waals surface area contributed by atoms with Crippen molar-refractivity contribution in [2.45, 2.75) is 0 Å². The lowest BCUT2D eigenvalue weighted by Crippen LogP contribution is -2.24. The van der Waals surface area contributed by atoms with Gasteiger partial charge < -0.3 is 9.47 Å². The van der Waals surface area contributed by atoms with Gasteiger partial charge in [-0.3, -0.25) is 4.79 Å². The molecule has 4 aromatic rings. The van der Waals surface area contributed by atoms with E-state index in [4.69, 9.17) is 44.3 Å². The van der Waals surface area contributed by atoms with Crippen LogP contribution in [0, 0.1) is 0 Å². The number of amides is 1. The normalized spacial score (nSPS) is 11.0. The van der Waals surface area contributed by atoms with Gasteiger partial charge in [0.1, 0.15) is 21.4 Å². The van der Waals surface area contributed by atoms with E-state index >= 15 is 0 Å².